The molecule has 0 saturated heterocycles. The first-order valence-corrected chi connectivity index (χ1v) is 8.66. The highest BCUT2D eigenvalue weighted by atomic mass is 16.5. The number of aryl methyl sites for hydroxylation is 2. The minimum atomic E-state index is -0.718. The molecule has 8 heteroatoms. The number of carbonyl (C=O) groups is 1. The Labute approximate surface area is 156 Å². The van der Waals surface area contributed by atoms with Crippen LogP contribution in [0.2, 0.25) is 0 Å². The average molecular weight is 367 g/mol. The van der Waals surface area contributed by atoms with Gasteiger partial charge in [0.2, 0.25) is 5.95 Å². The number of benzene rings is 1. The normalized spacial score (nSPS) is 11.8. The van der Waals surface area contributed by atoms with Crippen LogP contribution >= 0.6 is 0 Å². The van der Waals surface area contributed by atoms with E-state index in [-0.39, 0.29) is 17.4 Å². The molecule has 0 spiro atoms. The number of para-hydroxylation sites is 1. The number of hydrogen-bond acceptors (Lipinski definition) is 5. The van der Waals surface area contributed by atoms with Crippen LogP contribution in [0, 0.1) is 6.92 Å². The molecule has 0 fully saturated rings. The van der Waals surface area contributed by atoms with Crippen LogP contribution in [0.1, 0.15) is 25.2 Å². The van der Waals surface area contributed by atoms with Crippen LogP contribution in [-0.2, 0) is 11.2 Å². The summed E-state index contributed by atoms with van der Waals surface area (Å²) in [6.45, 7) is 5.36. The summed E-state index contributed by atoms with van der Waals surface area (Å²) in [5.74, 6) is 0.914. The van der Waals surface area contributed by atoms with Crippen molar-refractivity contribution in [2.45, 2.75) is 33.3 Å². The molecule has 3 aromatic rings. The molecule has 2 N–H and O–H groups in total. The van der Waals surface area contributed by atoms with Crippen molar-refractivity contribution < 1.29 is 9.53 Å². The van der Waals surface area contributed by atoms with Gasteiger partial charge in [0, 0.05) is 17.8 Å². The second-order valence-electron chi connectivity index (χ2n) is 6.06. The first kappa shape index (κ1) is 18.4. The lowest BCUT2D eigenvalue weighted by Gasteiger charge is -2.15. The third kappa shape index (κ3) is 4.41. The molecule has 8 nitrogen and oxygen atoms in total. The van der Waals surface area contributed by atoms with Gasteiger partial charge in [-0.1, -0.05) is 25.1 Å². The van der Waals surface area contributed by atoms with Gasteiger partial charge >= 0.3 is 0 Å². The summed E-state index contributed by atoms with van der Waals surface area (Å²) >= 11 is 0. The molecular formula is C19H21N5O3. The highest BCUT2D eigenvalue weighted by Gasteiger charge is 2.19. The van der Waals surface area contributed by atoms with Gasteiger partial charge < -0.3 is 10.1 Å². The SMILES string of the molecule is CCc1cc(=O)[nH]c(-n2nc(C)cc2NC(=O)[C@@H](C)Oc2ccccc2)n1. The van der Waals surface area contributed by atoms with Gasteiger partial charge in [0.15, 0.2) is 6.10 Å². The second-order valence-corrected chi connectivity index (χ2v) is 6.06. The molecule has 2 heterocycles. The highest BCUT2D eigenvalue weighted by Crippen LogP contribution is 2.16. The monoisotopic (exact) mass is 367 g/mol. The lowest BCUT2D eigenvalue weighted by molar-refractivity contribution is -0.122. The highest BCUT2D eigenvalue weighted by molar-refractivity contribution is 5.93. The maximum absolute atomic E-state index is 12.5. The van der Waals surface area contributed by atoms with E-state index in [9.17, 15) is 9.59 Å². The summed E-state index contributed by atoms with van der Waals surface area (Å²) in [6.07, 6.45) is -0.106. The van der Waals surface area contributed by atoms with Gasteiger partial charge in [0.05, 0.1) is 5.69 Å². The van der Waals surface area contributed by atoms with E-state index >= 15 is 0 Å². The Balaban J connectivity index is 1.83. The largest absolute Gasteiger partial charge is 0.481 e. The van der Waals surface area contributed by atoms with Gasteiger partial charge in [-0.15, -0.1) is 0 Å². The van der Waals surface area contributed by atoms with Gasteiger partial charge in [-0.05, 0) is 32.4 Å². The van der Waals surface area contributed by atoms with E-state index in [4.69, 9.17) is 4.74 Å². The number of aromatic nitrogens is 4. The summed E-state index contributed by atoms with van der Waals surface area (Å²) in [6, 6.07) is 12.2. The van der Waals surface area contributed by atoms with Crippen LogP contribution in [-0.4, -0.2) is 31.8 Å². The Bertz CT molecular complexity index is 994. The molecule has 0 aliphatic rings. The van der Waals surface area contributed by atoms with Crippen LogP contribution in [0.25, 0.3) is 5.95 Å². The fourth-order valence-corrected chi connectivity index (χ4v) is 2.51. The van der Waals surface area contributed by atoms with Gasteiger partial charge in [-0.2, -0.15) is 9.78 Å². The van der Waals surface area contributed by atoms with Crippen LogP contribution in [0.5, 0.6) is 5.75 Å². The molecule has 0 saturated carbocycles. The zero-order chi connectivity index (χ0) is 19.4. The molecule has 0 aliphatic carbocycles. The third-order valence-corrected chi connectivity index (χ3v) is 3.85. The Hall–Kier alpha value is -3.42. The summed E-state index contributed by atoms with van der Waals surface area (Å²) in [5.41, 5.74) is 1.04. The maximum atomic E-state index is 12.5. The number of ether oxygens (including phenoxy) is 1. The second kappa shape index (κ2) is 7.86. The standard InChI is InChI=1S/C19H21N5O3/c1-4-14-11-17(25)22-19(20-14)24-16(10-12(2)23-24)21-18(26)13(3)27-15-8-6-5-7-9-15/h5-11,13H,4H2,1-3H3,(H,21,26)(H,20,22,25)/t13-/m1/s1. The molecule has 27 heavy (non-hydrogen) atoms. The number of carbonyl (C=O) groups excluding carboxylic acids is 1. The molecule has 0 unspecified atom stereocenters. The minimum absolute atomic E-state index is 0.249. The zero-order valence-electron chi connectivity index (χ0n) is 15.4. The zero-order valence-corrected chi connectivity index (χ0v) is 15.4. The lowest BCUT2D eigenvalue weighted by Crippen LogP contribution is -2.31. The molecule has 0 radical (unpaired) electrons. The van der Waals surface area contributed by atoms with Crippen molar-refractivity contribution >= 4 is 11.7 Å². The van der Waals surface area contributed by atoms with E-state index in [0.717, 1.165) is 0 Å². The van der Waals surface area contributed by atoms with Crippen LogP contribution in [0.15, 0.2) is 47.3 Å². The van der Waals surface area contributed by atoms with E-state index in [1.165, 1.54) is 10.7 Å². The van der Waals surface area contributed by atoms with Crippen LogP contribution in [0.3, 0.4) is 0 Å². The number of nitrogens with one attached hydrogen (secondary N) is 2. The summed E-state index contributed by atoms with van der Waals surface area (Å²) in [5, 5.41) is 7.10. The van der Waals surface area contributed by atoms with Gasteiger partial charge in [0.1, 0.15) is 11.6 Å². The van der Waals surface area contributed by atoms with Crippen molar-refractivity contribution in [2.75, 3.05) is 5.32 Å². The molecule has 1 amide bonds. The molecule has 1 atom stereocenters. The number of amides is 1. The van der Waals surface area contributed by atoms with Crippen molar-refractivity contribution in [1.82, 2.24) is 19.7 Å². The van der Waals surface area contributed by atoms with E-state index < -0.39 is 6.10 Å². The fraction of sp³-hybridized carbons (Fsp3) is 0.263. The fourth-order valence-electron chi connectivity index (χ4n) is 2.51. The first-order chi connectivity index (χ1) is 13.0. The number of aromatic amines is 1. The van der Waals surface area contributed by atoms with Crippen molar-refractivity contribution in [2.24, 2.45) is 0 Å². The maximum Gasteiger partial charge on any atom is 0.266 e. The first-order valence-electron chi connectivity index (χ1n) is 8.66. The Morgan fingerprint density at radius 1 is 1.30 bits per heavy atom. The quantitative estimate of drug-likeness (QED) is 0.696. The number of nitrogens with zero attached hydrogens (tertiary/aromatic N) is 3. The van der Waals surface area contributed by atoms with Crippen LogP contribution < -0.4 is 15.6 Å². The number of H-pyrrole nitrogens is 1. The molecular weight excluding hydrogens is 346 g/mol. The summed E-state index contributed by atoms with van der Waals surface area (Å²) in [4.78, 5) is 31.4. The molecule has 2 aromatic heterocycles. The Morgan fingerprint density at radius 2 is 2.04 bits per heavy atom. The van der Waals surface area contributed by atoms with E-state index in [0.29, 0.717) is 29.4 Å². The average Bonchev–Trinajstić information content (AvgIpc) is 3.02. The van der Waals surface area contributed by atoms with Crippen molar-refractivity contribution in [3.63, 3.8) is 0 Å². The van der Waals surface area contributed by atoms with Crippen molar-refractivity contribution in [3.8, 4) is 11.7 Å². The van der Waals surface area contributed by atoms with Crippen LogP contribution in [0.4, 0.5) is 5.82 Å². The number of anilines is 1. The predicted molar refractivity (Wildman–Crippen MR) is 101 cm³/mol. The minimum Gasteiger partial charge on any atom is -0.481 e. The van der Waals surface area contributed by atoms with Gasteiger partial charge in [-0.25, -0.2) is 4.98 Å². The molecule has 0 bridgehead atoms. The predicted octanol–water partition coefficient (Wildman–Crippen LogP) is 2.23. The van der Waals surface area contributed by atoms with Crippen molar-refractivity contribution in [1.29, 1.82) is 0 Å². The van der Waals surface area contributed by atoms with Gasteiger partial charge in [0.25, 0.3) is 11.5 Å². The Morgan fingerprint density at radius 3 is 2.74 bits per heavy atom. The number of hydrogen-bond donors (Lipinski definition) is 2. The smallest absolute Gasteiger partial charge is 0.266 e. The van der Waals surface area contributed by atoms with Crippen molar-refractivity contribution in [3.05, 3.63) is 64.2 Å². The number of rotatable bonds is 6. The van der Waals surface area contributed by atoms with Gasteiger partial charge in [-0.3, -0.25) is 14.6 Å². The van der Waals surface area contributed by atoms with E-state index in [1.807, 2.05) is 25.1 Å². The van der Waals surface area contributed by atoms with E-state index in [1.54, 1.807) is 32.0 Å². The Kier molecular flexibility index (Phi) is 5.35. The molecule has 140 valence electrons. The molecule has 1 aromatic carbocycles. The summed E-state index contributed by atoms with van der Waals surface area (Å²) in [7, 11) is 0. The summed E-state index contributed by atoms with van der Waals surface area (Å²) < 4.78 is 7.05. The third-order valence-electron chi connectivity index (χ3n) is 3.85. The topological polar surface area (TPSA) is 102 Å². The van der Waals surface area contributed by atoms with E-state index in [2.05, 4.69) is 20.4 Å². The molecule has 3 rings (SSSR count). The molecule has 0 aliphatic heterocycles. The lowest BCUT2D eigenvalue weighted by atomic mass is 10.3.